The maximum absolute atomic E-state index is 15.4. The molecule has 1 saturated carbocycles. The molecule has 0 saturated heterocycles. The van der Waals surface area contributed by atoms with E-state index in [0.29, 0.717) is 22.5 Å². The molecule has 1 aliphatic carbocycles. The number of hydrogen-bond donors (Lipinski definition) is 0. The van der Waals surface area contributed by atoms with Gasteiger partial charge in [-0.3, -0.25) is 0 Å². The van der Waals surface area contributed by atoms with Crippen LogP contribution in [0.4, 0.5) is 4.39 Å². The van der Waals surface area contributed by atoms with Gasteiger partial charge in [0.25, 0.3) is 0 Å². The number of rotatable bonds is 3. The van der Waals surface area contributed by atoms with Gasteiger partial charge in [-0.2, -0.15) is 0 Å². The van der Waals surface area contributed by atoms with E-state index in [1.807, 2.05) is 6.07 Å². The van der Waals surface area contributed by atoms with Crippen LogP contribution in [0.3, 0.4) is 0 Å². The molecule has 1 fully saturated rings. The number of fused-ring (bicyclic) bond motifs is 3. The van der Waals surface area contributed by atoms with Gasteiger partial charge in [0, 0.05) is 22.4 Å². The van der Waals surface area contributed by atoms with E-state index in [2.05, 4.69) is 94.0 Å². The Morgan fingerprint density at radius 2 is 1.46 bits per heavy atom. The SMILES string of the molecule is Cc1ccc(-c2c(C)ccc3c2oc2c(-c4ccc(C5CCC(C)(C)CC5)cc4)c(F)ccc23)[n+](C)c1. The molecule has 2 heterocycles. The second kappa shape index (κ2) is 8.83. The van der Waals surface area contributed by atoms with Gasteiger partial charge in [0.1, 0.15) is 24.0 Å². The Morgan fingerprint density at radius 3 is 2.14 bits per heavy atom. The zero-order valence-electron chi connectivity index (χ0n) is 22.5. The van der Waals surface area contributed by atoms with Crippen LogP contribution in [0.2, 0.25) is 0 Å². The van der Waals surface area contributed by atoms with Crippen LogP contribution >= 0.6 is 0 Å². The molecule has 3 aromatic carbocycles. The Kier molecular flexibility index (Phi) is 5.71. The summed E-state index contributed by atoms with van der Waals surface area (Å²) in [5.74, 6) is 0.340. The van der Waals surface area contributed by atoms with Crippen LogP contribution in [0, 0.1) is 25.1 Å². The topological polar surface area (TPSA) is 17.0 Å². The first-order valence-corrected chi connectivity index (χ1v) is 13.4. The number of hydrogen-bond acceptors (Lipinski definition) is 1. The number of aryl methyl sites for hydroxylation is 3. The van der Waals surface area contributed by atoms with Crippen molar-refractivity contribution >= 4 is 21.9 Å². The molecule has 6 rings (SSSR count). The predicted octanol–water partition coefficient (Wildman–Crippen LogP) is 9.18. The highest BCUT2D eigenvalue weighted by atomic mass is 19.1. The predicted molar refractivity (Wildman–Crippen MR) is 150 cm³/mol. The highest BCUT2D eigenvalue weighted by molar-refractivity contribution is 6.13. The maximum atomic E-state index is 15.4. The summed E-state index contributed by atoms with van der Waals surface area (Å²) < 4.78 is 24.1. The monoisotopic (exact) mass is 492 g/mol. The van der Waals surface area contributed by atoms with Crippen molar-refractivity contribution in [2.45, 2.75) is 59.3 Å². The summed E-state index contributed by atoms with van der Waals surface area (Å²) in [6.07, 6.45) is 7.08. The molecule has 1 aliphatic rings. The van der Waals surface area contributed by atoms with Crippen molar-refractivity contribution in [3.63, 3.8) is 0 Å². The molecule has 188 valence electrons. The lowest BCUT2D eigenvalue weighted by Gasteiger charge is -2.34. The molecule has 0 amide bonds. The van der Waals surface area contributed by atoms with Crippen molar-refractivity contribution in [3.05, 3.63) is 89.4 Å². The Labute approximate surface area is 218 Å². The summed E-state index contributed by atoms with van der Waals surface area (Å²) in [4.78, 5) is 0. The minimum absolute atomic E-state index is 0.252. The molecule has 0 unspecified atom stereocenters. The fraction of sp³-hybridized carbons (Fsp3) is 0.324. The molecule has 0 bridgehead atoms. The number of furan rings is 1. The Hall–Kier alpha value is -3.46. The van der Waals surface area contributed by atoms with Crippen LogP contribution in [0.5, 0.6) is 0 Å². The summed E-state index contributed by atoms with van der Waals surface area (Å²) in [5, 5.41) is 1.96. The minimum atomic E-state index is -0.252. The highest BCUT2D eigenvalue weighted by Gasteiger charge is 2.28. The molecule has 0 N–H and O–H groups in total. The Morgan fingerprint density at radius 1 is 0.811 bits per heavy atom. The fourth-order valence-electron chi connectivity index (χ4n) is 6.23. The van der Waals surface area contributed by atoms with Crippen molar-refractivity contribution in [3.8, 4) is 22.4 Å². The number of benzene rings is 3. The average Bonchev–Trinajstić information content (AvgIpc) is 3.23. The van der Waals surface area contributed by atoms with Gasteiger partial charge in [0.05, 0.1) is 11.1 Å². The molecule has 37 heavy (non-hydrogen) atoms. The zero-order valence-corrected chi connectivity index (χ0v) is 22.5. The summed E-state index contributed by atoms with van der Waals surface area (Å²) in [7, 11) is 2.06. The molecule has 0 aliphatic heterocycles. The van der Waals surface area contributed by atoms with E-state index in [1.54, 1.807) is 6.07 Å². The molecule has 0 atom stereocenters. The Balaban J connectivity index is 1.48. The first kappa shape index (κ1) is 23.9. The smallest absolute Gasteiger partial charge is 0.216 e. The van der Waals surface area contributed by atoms with Crippen LogP contribution in [0.15, 0.2) is 71.3 Å². The maximum Gasteiger partial charge on any atom is 0.216 e. The van der Waals surface area contributed by atoms with E-state index < -0.39 is 0 Å². The summed E-state index contributed by atoms with van der Waals surface area (Å²) in [6, 6.07) is 20.5. The third kappa shape index (κ3) is 4.15. The molecule has 3 heteroatoms. The summed E-state index contributed by atoms with van der Waals surface area (Å²) in [6.45, 7) is 8.94. The molecule has 2 nitrogen and oxygen atoms in total. The van der Waals surface area contributed by atoms with E-state index in [9.17, 15) is 0 Å². The van der Waals surface area contributed by atoms with Gasteiger partial charge in [-0.1, -0.05) is 50.2 Å². The lowest BCUT2D eigenvalue weighted by atomic mass is 9.71. The van der Waals surface area contributed by atoms with Crippen LogP contribution in [-0.2, 0) is 7.05 Å². The largest absolute Gasteiger partial charge is 0.454 e. The summed E-state index contributed by atoms with van der Waals surface area (Å²) >= 11 is 0. The number of aromatic nitrogens is 1. The van der Waals surface area contributed by atoms with Crippen molar-refractivity contribution in [2.24, 2.45) is 12.5 Å². The van der Waals surface area contributed by atoms with Crippen molar-refractivity contribution in [1.29, 1.82) is 0 Å². The standard InChI is InChI=1S/C34H35FNO/c1-21-6-15-29(36(5)20-21)30-22(2)7-12-26-27-13-14-28(35)31(33(27)37-32(26)30)25-10-8-23(9-11-25)24-16-18-34(3,4)19-17-24/h6-15,20,24H,16-19H2,1-5H3/q+1. The molecular weight excluding hydrogens is 457 g/mol. The fourth-order valence-corrected chi connectivity index (χ4v) is 6.23. The Bertz CT molecular complexity index is 1630. The quantitative estimate of drug-likeness (QED) is 0.229. The first-order valence-electron chi connectivity index (χ1n) is 13.4. The summed E-state index contributed by atoms with van der Waals surface area (Å²) in [5.41, 5.74) is 9.10. The third-order valence-electron chi connectivity index (χ3n) is 8.51. The first-order chi connectivity index (χ1) is 17.7. The number of halogens is 1. The lowest BCUT2D eigenvalue weighted by Crippen LogP contribution is -2.31. The van der Waals surface area contributed by atoms with Gasteiger partial charge >= 0.3 is 0 Å². The molecular formula is C34H35FNO+. The number of pyridine rings is 1. The van der Waals surface area contributed by atoms with Crippen LogP contribution in [0.1, 0.15) is 62.1 Å². The van der Waals surface area contributed by atoms with E-state index in [4.69, 9.17) is 4.42 Å². The van der Waals surface area contributed by atoms with Gasteiger partial charge in [-0.05, 0) is 85.8 Å². The van der Waals surface area contributed by atoms with Crippen LogP contribution in [-0.4, -0.2) is 0 Å². The van der Waals surface area contributed by atoms with Crippen molar-refractivity contribution in [1.82, 2.24) is 0 Å². The van der Waals surface area contributed by atoms with Gasteiger partial charge < -0.3 is 4.42 Å². The van der Waals surface area contributed by atoms with Gasteiger partial charge in [0.2, 0.25) is 5.69 Å². The van der Waals surface area contributed by atoms with Crippen LogP contribution < -0.4 is 4.57 Å². The molecule has 0 radical (unpaired) electrons. The average molecular weight is 493 g/mol. The van der Waals surface area contributed by atoms with Gasteiger partial charge in [-0.25, -0.2) is 8.96 Å². The van der Waals surface area contributed by atoms with E-state index in [1.165, 1.54) is 36.8 Å². The van der Waals surface area contributed by atoms with E-state index >= 15 is 4.39 Å². The second-order valence-electron chi connectivity index (χ2n) is 11.8. The van der Waals surface area contributed by atoms with E-state index in [-0.39, 0.29) is 5.82 Å². The molecule has 0 spiro atoms. The van der Waals surface area contributed by atoms with Crippen molar-refractivity contribution in [2.75, 3.05) is 0 Å². The third-order valence-corrected chi connectivity index (χ3v) is 8.51. The number of nitrogens with zero attached hydrogens (tertiary/aromatic N) is 1. The van der Waals surface area contributed by atoms with Gasteiger partial charge in [-0.15, -0.1) is 0 Å². The minimum Gasteiger partial charge on any atom is -0.454 e. The normalized spacial score (nSPS) is 16.1. The molecule has 5 aromatic rings. The van der Waals surface area contributed by atoms with E-state index in [0.717, 1.165) is 38.7 Å². The lowest BCUT2D eigenvalue weighted by molar-refractivity contribution is -0.660. The highest BCUT2D eigenvalue weighted by Crippen LogP contribution is 2.44. The zero-order chi connectivity index (χ0) is 25.9. The van der Waals surface area contributed by atoms with Crippen molar-refractivity contribution < 1.29 is 13.4 Å². The van der Waals surface area contributed by atoms with Crippen LogP contribution in [0.25, 0.3) is 44.3 Å². The molecule has 2 aromatic heterocycles. The van der Waals surface area contributed by atoms with Gasteiger partial charge in [0.15, 0.2) is 6.20 Å². The second-order valence-corrected chi connectivity index (χ2v) is 11.8.